The van der Waals surface area contributed by atoms with E-state index in [1.807, 2.05) is 0 Å². The van der Waals surface area contributed by atoms with E-state index >= 15 is 0 Å². The number of aliphatic hydroxyl groups is 1. The monoisotopic (exact) mass is 120 g/mol. The molecule has 0 saturated carbocycles. The zero-order valence-corrected chi connectivity index (χ0v) is 4.99. The summed E-state index contributed by atoms with van der Waals surface area (Å²) >= 11 is 0. The van der Waals surface area contributed by atoms with Crippen LogP contribution < -0.4 is 0 Å². The molecule has 2 nitrogen and oxygen atoms in total. The van der Waals surface area contributed by atoms with Crippen LogP contribution in [0.5, 0.6) is 0 Å². The predicted octanol–water partition coefficient (Wildman–Crippen LogP) is -0.0267. The Kier molecular flexibility index (Phi) is 1.85. The van der Waals surface area contributed by atoms with Gasteiger partial charge in [0.2, 0.25) is 0 Å². The van der Waals surface area contributed by atoms with Crippen LogP contribution in [0.1, 0.15) is 11.6 Å². The standard InChI is InChI=1S/C6H7BNO/c7-6(9)5-1-3-8-4-2-5/h1-4,6-7,9H. The van der Waals surface area contributed by atoms with Gasteiger partial charge in [-0.2, -0.15) is 0 Å². The Labute approximate surface area is 55.0 Å². The fourth-order valence-corrected chi connectivity index (χ4v) is 0.586. The van der Waals surface area contributed by atoms with Crippen LogP contribution in [0, 0.1) is 0 Å². The second-order valence-corrected chi connectivity index (χ2v) is 1.80. The molecule has 1 heterocycles. The second kappa shape index (κ2) is 2.64. The van der Waals surface area contributed by atoms with Gasteiger partial charge in [0, 0.05) is 18.4 Å². The third kappa shape index (κ3) is 1.54. The molecule has 1 rings (SSSR count). The molecule has 0 bridgehead atoms. The van der Waals surface area contributed by atoms with Crippen molar-refractivity contribution in [3.8, 4) is 0 Å². The number of aliphatic hydroxyl groups excluding tert-OH is 1. The number of hydrogen-bond donors (Lipinski definition) is 1. The number of hydrogen-bond acceptors (Lipinski definition) is 2. The highest BCUT2D eigenvalue weighted by Crippen LogP contribution is 2.04. The van der Waals surface area contributed by atoms with Crippen molar-refractivity contribution in [2.24, 2.45) is 0 Å². The van der Waals surface area contributed by atoms with E-state index in [0.717, 1.165) is 5.56 Å². The van der Waals surface area contributed by atoms with Crippen LogP contribution >= 0.6 is 0 Å². The van der Waals surface area contributed by atoms with Crippen molar-refractivity contribution in [3.63, 3.8) is 0 Å². The van der Waals surface area contributed by atoms with Crippen molar-refractivity contribution in [1.82, 2.24) is 4.98 Å². The first-order valence-electron chi connectivity index (χ1n) is 2.72. The summed E-state index contributed by atoms with van der Waals surface area (Å²) in [6.07, 6.45) is 3.26. The van der Waals surface area contributed by atoms with E-state index in [0.29, 0.717) is 0 Å². The molecule has 1 aromatic heterocycles. The third-order valence-electron chi connectivity index (χ3n) is 1.09. The van der Waals surface area contributed by atoms with Crippen LogP contribution in [0.15, 0.2) is 24.5 Å². The summed E-state index contributed by atoms with van der Waals surface area (Å²) in [7, 11) is 3.44. The molecule has 1 unspecified atom stereocenters. The lowest BCUT2D eigenvalue weighted by molar-refractivity contribution is 0.262. The van der Waals surface area contributed by atoms with Crippen molar-refractivity contribution in [3.05, 3.63) is 30.1 Å². The van der Waals surface area contributed by atoms with Crippen LogP contribution in [0.3, 0.4) is 0 Å². The first kappa shape index (κ1) is 6.30. The largest absolute Gasteiger partial charge is 0.398 e. The number of rotatable bonds is 1. The molecule has 0 aliphatic carbocycles. The van der Waals surface area contributed by atoms with Gasteiger partial charge in [-0.3, -0.25) is 4.98 Å². The lowest BCUT2D eigenvalue weighted by Gasteiger charge is -2.00. The van der Waals surface area contributed by atoms with E-state index in [1.165, 1.54) is 0 Å². The summed E-state index contributed by atoms with van der Waals surface area (Å²) in [5.41, 5.74) is 0.796. The summed E-state index contributed by atoms with van der Waals surface area (Å²) in [6.45, 7) is 0. The minimum Gasteiger partial charge on any atom is -0.398 e. The van der Waals surface area contributed by atoms with Crippen molar-refractivity contribution < 1.29 is 5.11 Å². The lowest BCUT2D eigenvalue weighted by atomic mass is 9.93. The van der Waals surface area contributed by atoms with Gasteiger partial charge in [-0.1, -0.05) is 0 Å². The van der Waals surface area contributed by atoms with Gasteiger partial charge in [0.25, 0.3) is 0 Å². The zero-order valence-electron chi connectivity index (χ0n) is 4.99. The summed E-state index contributed by atoms with van der Waals surface area (Å²) in [5.74, 6) is 0. The molecule has 0 saturated heterocycles. The van der Waals surface area contributed by atoms with Gasteiger partial charge in [0.15, 0.2) is 0 Å². The average Bonchev–Trinajstić information content (AvgIpc) is 1.90. The minimum absolute atomic E-state index is 0.631. The molecule has 0 amide bonds. The Balaban J connectivity index is 2.85. The zero-order chi connectivity index (χ0) is 6.69. The van der Waals surface area contributed by atoms with Gasteiger partial charge < -0.3 is 5.11 Å². The van der Waals surface area contributed by atoms with Gasteiger partial charge in [0.05, 0.1) is 0 Å². The molecule has 1 radical (unpaired) electrons. The van der Waals surface area contributed by atoms with Crippen LogP contribution in [0.25, 0.3) is 0 Å². The molecule has 45 valence electrons. The average molecular weight is 120 g/mol. The van der Waals surface area contributed by atoms with E-state index < -0.39 is 6.00 Å². The Morgan fingerprint density at radius 3 is 2.33 bits per heavy atom. The van der Waals surface area contributed by atoms with Gasteiger partial charge in [-0.05, 0) is 17.7 Å². The molecule has 1 aromatic rings. The van der Waals surface area contributed by atoms with Crippen LogP contribution in [-0.2, 0) is 0 Å². The normalized spacial score (nSPS) is 13.0. The second-order valence-electron chi connectivity index (χ2n) is 1.80. The van der Waals surface area contributed by atoms with E-state index in [1.54, 1.807) is 24.5 Å². The topological polar surface area (TPSA) is 33.1 Å². The molecule has 0 aromatic carbocycles. The number of aromatic nitrogens is 1. The maximum atomic E-state index is 8.88. The first-order valence-corrected chi connectivity index (χ1v) is 2.72. The smallest absolute Gasteiger partial charge is 0.133 e. The predicted molar refractivity (Wildman–Crippen MR) is 36.3 cm³/mol. The van der Waals surface area contributed by atoms with Crippen molar-refractivity contribution in [2.75, 3.05) is 0 Å². The van der Waals surface area contributed by atoms with Crippen molar-refractivity contribution in [1.29, 1.82) is 0 Å². The van der Waals surface area contributed by atoms with Crippen molar-refractivity contribution >= 4 is 7.85 Å². The van der Waals surface area contributed by atoms with Gasteiger partial charge >= 0.3 is 0 Å². The van der Waals surface area contributed by atoms with E-state index in [9.17, 15) is 0 Å². The Hall–Kier alpha value is -0.825. The van der Waals surface area contributed by atoms with E-state index in [-0.39, 0.29) is 0 Å². The molecule has 0 spiro atoms. The quantitative estimate of drug-likeness (QED) is 0.528. The van der Waals surface area contributed by atoms with Gasteiger partial charge in [0.1, 0.15) is 7.85 Å². The van der Waals surface area contributed by atoms with Gasteiger partial charge in [-0.15, -0.1) is 0 Å². The number of pyridine rings is 1. The maximum absolute atomic E-state index is 8.88. The summed E-state index contributed by atoms with van der Waals surface area (Å²) in [5, 5.41) is 8.88. The third-order valence-corrected chi connectivity index (χ3v) is 1.09. The summed E-state index contributed by atoms with van der Waals surface area (Å²) < 4.78 is 0. The molecular weight excluding hydrogens is 113 g/mol. The van der Waals surface area contributed by atoms with E-state index in [4.69, 9.17) is 5.11 Å². The Morgan fingerprint density at radius 1 is 1.44 bits per heavy atom. The molecule has 9 heavy (non-hydrogen) atoms. The first-order chi connectivity index (χ1) is 4.30. The summed E-state index contributed by atoms with van der Waals surface area (Å²) in [6, 6.07) is 2.84. The molecule has 0 aliphatic heterocycles. The minimum atomic E-state index is -0.631. The molecule has 1 N–H and O–H groups in total. The maximum Gasteiger partial charge on any atom is 0.133 e. The van der Waals surface area contributed by atoms with Crippen LogP contribution in [0.4, 0.5) is 0 Å². The molecular formula is C6H7BNO. The lowest BCUT2D eigenvalue weighted by Crippen LogP contribution is -1.94. The van der Waals surface area contributed by atoms with Gasteiger partial charge in [-0.25, -0.2) is 0 Å². The van der Waals surface area contributed by atoms with E-state index in [2.05, 4.69) is 12.8 Å². The SMILES string of the molecule is [BH]C(O)c1ccncc1. The highest BCUT2D eigenvalue weighted by Gasteiger charge is 1.95. The fourth-order valence-electron chi connectivity index (χ4n) is 0.586. The van der Waals surface area contributed by atoms with Crippen LogP contribution in [0.2, 0.25) is 0 Å². The van der Waals surface area contributed by atoms with Crippen molar-refractivity contribution in [2.45, 2.75) is 6.00 Å². The number of nitrogens with zero attached hydrogens (tertiary/aromatic N) is 1. The fraction of sp³-hybridized carbons (Fsp3) is 0.167. The van der Waals surface area contributed by atoms with Crippen LogP contribution in [-0.4, -0.2) is 17.9 Å². The Morgan fingerprint density at radius 2 is 2.00 bits per heavy atom. The summed E-state index contributed by atoms with van der Waals surface area (Å²) in [4.78, 5) is 3.79. The highest BCUT2D eigenvalue weighted by atomic mass is 16.3. The molecule has 0 fully saturated rings. The molecule has 3 heteroatoms. The Bertz CT molecular complexity index is 176. The molecule has 0 aliphatic rings. The highest BCUT2D eigenvalue weighted by molar-refractivity contribution is 6.11. The molecule has 1 atom stereocenters.